The van der Waals surface area contributed by atoms with Crippen LogP contribution in [-0.4, -0.2) is 52.8 Å². The van der Waals surface area contributed by atoms with E-state index in [9.17, 15) is 9.59 Å². The molecular weight excluding hydrogens is 488 g/mol. The highest BCUT2D eigenvalue weighted by Crippen LogP contribution is 2.46. The van der Waals surface area contributed by atoms with Crippen molar-refractivity contribution in [3.05, 3.63) is 62.0 Å². The Balaban J connectivity index is 1.13. The summed E-state index contributed by atoms with van der Waals surface area (Å²) in [5.41, 5.74) is 0.981. The summed E-state index contributed by atoms with van der Waals surface area (Å²) >= 11 is 7.56. The van der Waals surface area contributed by atoms with Crippen molar-refractivity contribution in [2.24, 2.45) is 5.92 Å². The standard InChI is InChI=1S/C25H25ClN4O4S/c1-33-16-5-4-6-17-19(16)15-12-29(11-14(15)13-34-17)9-2-3-10-30-24(31)22-21(28-25(30)32)20-18(35-22)7-8-27-23(20)26/h4-8,14-15H,2-3,9-13H2,1H3,(H,28,32)/t14-,15-/m1/s1. The van der Waals surface area contributed by atoms with Gasteiger partial charge in [-0.25, -0.2) is 9.78 Å². The first-order valence-electron chi connectivity index (χ1n) is 11.8. The topological polar surface area (TPSA) is 89.5 Å². The quantitative estimate of drug-likeness (QED) is 0.312. The Kier molecular flexibility index (Phi) is 5.78. The number of aromatic amines is 1. The Hall–Kier alpha value is -2.88. The van der Waals surface area contributed by atoms with E-state index >= 15 is 0 Å². The van der Waals surface area contributed by atoms with Crippen molar-refractivity contribution in [2.75, 3.05) is 33.4 Å². The number of pyridine rings is 1. The number of ether oxygens (including phenoxy) is 2. The van der Waals surface area contributed by atoms with Gasteiger partial charge in [0.1, 0.15) is 21.4 Å². The first-order chi connectivity index (χ1) is 17.0. The molecule has 0 spiro atoms. The van der Waals surface area contributed by atoms with E-state index in [0.29, 0.717) is 39.1 Å². The number of benzene rings is 1. The van der Waals surface area contributed by atoms with Crippen LogP contribution in [0.3, 0.4) is 0 Å². The molecule has 2 aliphatic rings. The number of unbranched alkanes of at least 4 members (excludes halogenated alkanes) is 1. The summed E-state index contributed by atoms with van der Waals surface area (Å²) in [5, 5.41) is 0.923. The minimum Gasteiger partial charge on any atom is -0.496 e. The highest BCUT2D eigenvalue weighted by molar-refractivity contribution is 7.25. The van der Waals surface area contributed by atoms with Gasteiger partial charge in [-0.1, -0.05) is 17.7 Å². The van der Waals surface area contributed by atoms with E-state index in [2.05, 4.69) is 14.9 Å². The summed E-state index contributed by atoms with van der Waals surface area (Å²) < 4.78 is 14.3. The number of thiophene rings is 1. The summed E-state index contributed by atoms with van der Waals surface area (Å²) in [5.74, 6) is 2.67. The molecule has 6 rings (SSSR count). The van der Waals surface area contributed by atoms with E-state index in [1.165, 1.54) is 21.5 Å². The number of likely N-dealkylation sites (tertiary alicyclic amines) is 1. The molecule has 4 aromatic rings. The number of nitrogens with one attached hydrogen (secondary N) is 1. The summed E-state index contributed by atoms with van der Waals surface area (Å²) in [6.45, 7) is 3.96. The molecule has 3 aromatic heterocycles. The number of hydrogen-bond acceptors (Lipinski definition) is 7. The van der Waals surface area contributed by atoms with Crippen LogP contribution >= 0.6 is 22.9 Å². The first kappa shape index (κ1) is 22.6. The molecule has 1 saturated heterocycles. The highest BCUT2D eigenvalue weighted by atomic mass is 35.5. The van der Waals surface area contributed by atoms with Crippen LogP contribution in [0.4, 0.5) is 0 Å². The van der Waals surface area contributed by atoms with E-state index in [-0.39, 0.29) is 5.56 Å². The molecule has 2 atom stereocenters. The third kappa shape index (κ3) is 3.82. The number of fused-ring (bicyclic) bond motifs is 6. The smallest absolute Gasteiger partial charge is 0.328 e. The van der Waals surface area contributed by atoms with E-state index < -0.39 is 5.69 Å². The zero-order chi connectivity index (χ0) is 24.1. The summed E-state index contributed by atoms with van der Waals surface area (Å²) in [4.78, 5) is 35.2. The van der Waals surface area contributed by atoms with Gasteiger partial charge in [-0.2, -0.15) is 0 Å². The van der Waals surface area contributed by atoms with Crippen LogP contribution in [0.1, 0.15) is 24.3 Å². The van der Waals surface area contributed by atoms with Gasteiger partial charge in [0.25, 0.3) is 5.56 Å². The van der Waals surface area contributed by atoms with Crippen molar-refractivity contribution in [3.63, 3.8) is 0 Å². The van der Waals surface area contributed by atoms with Crippen LogP contribution in [0.25, 0.3) is 20.3 Å². The number of hydrogen-bond donors (Lipinski definition) is 1. The first-order valence-corrected chi connectivity index (χ1v) is 13.0. The number of halogens is 1. The fourth-order valence-corrected chi connectivity index (χ4v) is 6.91. The maximum absolute atomic E-state index is 13.1. The van der Waals surface area contributed by atoms with E-state index in [1.54, 1.807) is 19.4 Å². The van der Waals surface area contributed by atoms with E-state index in [1.807, 2.05) is 18.2 Å². The minimum absolute atomic E-state index is 0.269. The van der Waals surface area contributed by atoms with Crippen LogP contribution < -0.4 is 20.7 Å². The fraction of sp³-hybridized carbons (Fsp3) is 0.400. The number of methoxy groups -OCH3 is 1. The zero-order valence-corrected chi connectivity index (χ0v) is 20.8. The Morgan fingerprint density at radius 2 is 2.09 bits per heavy atom. The van der Waals surface area contributed by atoms with Crippen LogP contribution in [0.5, 0.6) is 11.5 Å². The van der Waals surface area contributed by atoms with Gasteiger partial charge < -0.3 is 19.4 Å². The second-order valence-corrected chi connectivity index (χ2v) is 10.6. The molecule has 35 heavy (non-hydrogen) atoms. The lowest BCUT2D eigenvalue weighted by Crippen LogP contribution is -2.34. The Morgan fingerprint density at radius 1 is 1.23 bits per heavy atom. The molecule has 1 fully saturated rings. The lowest BCUT2D eigenvalue weighted by molar-refractivity contribution is 0.209. The predicted octanol–water partition coefficient (Wildman–Crippen LogP) is 3.85. The molecule has 0 aliphatic carbocycles. The maximum atomic E-state index is 13.1. The van der Waals surface area contributed by atoms with Crippen molar-refractivity contribution < 1.29 is 9.47 Å². The van der Waals surface area contributed by atoms with Crippen LogP contribution in [-0.2, 0) is 6.54 Å². The summed E-state index contributed by atoms with van der Waals surface area (Å²) in [6, 6.07) is 7.79. The van der Waals surface area contributed by atoms with Crippen molar-refractivity contribution in [2.45, 2.75) is 25.3 Å². The lowest BCUT2D eigenvalue weighted by Gasteiger charge is -2.29. The highest BCUT2D eigenvalue weighted by Gasteiger charge is 2.40. The molecule has 0 amide bonds. The molecule has 0 bridgehead atoms. The zero-order valence-electron chi connectivity index (χ0n) is 19.3. The van der Waals surface area contributed by atoms with Crippen LogP contribution in [0.2, 0.25) is 5.15 Å². The Bertz CT molecular complexity index is 1530. The summed E-state index contributed by atoms with van der Waals surface area (Å²) in [7, 11) is 1.71. The van der Waals surface area contributed by atoms with E-state index in [0.717, 1.165) is 55.3 Å². The predicted molar refractivity (Wildman–Crippen MR) is 137 cm³/mol. The molecule has 1 aromatic carbocycles. The average molecular weight is 513 g/mol. The van der Waals surface area contributed by atoms with Gasteiger partial charge in [-0.05, 0) is 37.6 Å². The molecule has 0 unspecified atom stereocenters. The third-order valence-electron chi connectivity index (χ3n) is 7.16. The number of aromatic nitrogens is 3. The van der Waals surface area contributed by atoms with Crippen molar-refractivity contribution in [1.29, 1.82) is 0 Å². The van der Waals surface area contributed by atoms with E-state index in [4.69, 9.17) is 21.1 Å². The van der Waals surface area contributed by atoms with Crippen molar-refractivity contribution in [1.82, 2.24) is 19.4 Å². The Morgan fingerprint density at radius 3 is 2.94 bits per heavy atom. The maximum Gasteiger partial charge on any atom is 0.328 e. The van der Waals surface area contributed by atoms with Gasteiger partial charge in [0.2, 0.25) is 0 Å². The molecule has 1 N–H and O–H groups in total. The van der Waals surface area contributed by atoms with Crippen LogP contribution in [0, 0.1) is 5.92 Å². The van der Waals surface area contributed by atoms with Gasteiger partial charge in [0.15, 0.2) is 0 Å². The molecule has 182 valence electrons. The molecule has 2 aliphatic heterocycles. The Labute approximate surface area is 210 Å². The van der Waals surface area contributed by atoms with Gasteiger partial charge in [0, 0.05) is 47.9 Å². The van der Waals surface area contributed by atoms with Gasteiger partial charge in [-0.15, -0.1) is 11.3 Å². The monoisotopic (exact) mass is 512 g/mol. The molecule has 0 radical (unpaired) electrons. The normalized spacial score (nSPS) is 19.6. The SMILES string of the molecule is COc1cccc2c1[C@@H]1CN(CCCCn3c(=O)[nH]c4c(sc5ccnc(Cl)c54)c3=O)C[C@@H]1CO2. The molecule has 10 heteroatoms. The largest absolute Gasteiger partial charge is 0.496 e. The van der Waals surface area contributed by atoms with Crippen LogP contribution in [0.15, 0.2) is 40.1 Å². The van der Waals surface area contributed by atoms with Gasteiger partial charge in [-0.3, -0.25) is 9.36 Å². The second-order valence-electron chi connectivity index (χ2n) is 9.18. The van der Waals surface area contributed by atoms with Crippen molar-refractivity contribution in [3.8, 4) is 11.5 Å². The number of H-pyrrole nitrogens is 1. The number of nitrogens with zero attached hydrogens (tertiary/aromatic N) is 3. The third-order valence-corrected chi connectivity index (χ3v) is 8.59. The summed E-state index contributed by atoms with van der Waals surface area (Å²) in [6.07, 6.45) is 3.24. The fourth-order valence-electron chi connectivity index (χ4n) is 5.50. The minimum atomic E-state index is -0.407. The van der Waals surface area contributed by atoms with Gasteiger partial charge in [0.05, 0.1) is 24.6 Å². The molecular formula is C25H25ClN4O4S. The molecule has 5 heterocycles. The molecule has 8 nitrogen and oxygen atoms in total. The molecule has 0 saturated carbocycles. The average Bonchev–Trinajstić information content (AvgIpc) is 3.45. The van der Waals surface area contributed by atoms with Gasteiger partial charge >= 0.3 is 5.69 Å². The van der Waals surface area contributed by atoms with Crippen molar-refractivity contribution >= 4 is 43.2 Å². The lowest BCUT2D eigenvalue weighted by atomic mass is 9.86. The number of rotatable bonds is 6. The second kappa shape index (κ2) is 8.96.